The van der Waals surface area contributed by atoms with Crippen LogP contribution in [0.25, 0.3) is 22.8 Å². The van der Waals surface area contributed by atoms with Gasteiger partial charge >= 0.3 is 0 Å². The van der Waals surface area contributed by atoms with E-state index >= 15 is 0 Å². The molecule has 2 aromatic heterocycles. The zero-order valence-corrected chi connectivity index (χ0v) is 14.9. The molecule has 0 amide bonds. The lowest BCUT2D eigenvalue weighted by atomic mass is 10.1. The average molecular weight is 364 g/mol. The van der Waals surface area contributed by atoms with E-state index in [9.17, 15) is 0 Å². The first kappa shape index (κ1) is 16.7. The third-order valence-corrected chi connectivity index (χ3v) is 4.03. The second kappa shape index (κ2) is 6.79. The van der Waals surface area contributed by atoms with Gasteiger partial charge in [0.25, 0.3) is 5.89 Å². The second-order valence-electron chi connectivity index (χ2n) is 5.54. The van der Waals surface area contributed by atoms with Gasteiger partial charge in [-0.1, -0.05) is 40.5 Å². The van der Waals surface area contributed by atoms with E-state index in [1.54, 1.807) is 12.3 Å². The number of ether oxygens (including phenoxy) is 1. The molecule has 0 aliphatic heterocycles. The topological polar surface area (TPSA) is 61.0 Å². The fourth-order valence-corrected chi connectivity index (χ4v) is 2.54. The summed E-state index contributed by atoms with van der Waals surface area (Å²) in [5.41, 5.74) is 2.27. The molecule has 3 aromatic rings. The molecule has 0 N–H and O–H groups in total. The van der Waals surface area contributed by atoms with Crippen LogP contribution in [0.15, 0.2) is 35.0 Å². The molecule has 0 unspecified atom stereocenters. The maximum Gasteiger partial charge on any atom is 0.259 e. The third kappa shape index (κ3) is 3.37. The van der Waals surface area contributed by atoms with Gasteiger partial charge in [-0.05, 0) is 38.5 Å². The highest BCUT2D eigenvalue weighted by atomic mass is 35.5. The fourth-order valence-electron chi connectivity index (χ4n) is 2.12. The van der Waals surface area contributed by atoms with Crippen LogP contribution in [0.3, 0.4) is 0 Å². The first-order valence-corrected chi connectivity index (χ1v) is 8.13. The molecule has 0 saturated heterocycles. The maximum absolute atomic E-state index is 6.31. The molecule has 0 spiro atoms. The number of hydrogen-bond donors (Lipinski definition) is 0. The van der Waals surface area contributed by atoms with Crippen molar-refractivity contribution < 1.29 is 9.26 Å². The molecule has 2 heterocycles. The van der Waals surface area contributed by atoms with Crippen molar-refractivity contribution in [2.45, 2.75) is 26.9 Å². The molecule has 5 nitrogen and oxygen atoms in total. The van der Waals surface area contributed by atoms with Crippen LogP contribution in [0.2, 0.25) is 10.0 Å². The molecular formula is C17H15Cl2N3O2. The van der Waals surface area contributed by atoms with Gasteiger partial charge in [0, 0.05) is 11.8 Å². The van der Waals surface area contributed by atoms with Crippen molar-refractivity contribution in [3.63, 3.8) is 0 Å². The fraction of sp³-hybridized carbons (Fsp3) is 0.235. The number of benzene rings is 1. The summed E-state index contributed by atoms with van der Waals surface area (Å²) in [4.78, 5) is 8.58. The summed E-state index contributed by atoms with van der Waals surface area (Å²) in [6.07, 6.45) is 1.57. The van der Waals surface area contributed by atoms with E-state index in [1.165, 1.54) is 0 Å². The van der Waals surface area contributed by atoms with E-state index in [1.807, 2.05) is 39.0 Å². The van der Waals surface area contributed by atoms with Gasteiger partial charge in [-0.25, -0.2) is 4.98 Å². The molecule has 0 saturated carbocycles. The van der Waals surface area contributed by atoms with Gasteiger partial charge in [0.2, 0.25) is 11.7 Å². The normalized spacial score (nSPS) is 11.1. The van der Waals surface area contributed by atoms with E-state index in [-0.39, 0.29) is 6.10 Å². The van der Waals surface area contributed by atoms with Gasteiger partial charge < -0.3 is 9.26 Å². The molecule has 7 heteroatoms. The lowest BCUT2D eigenvalue weighted by molar-refractivity contribution is 0.233. The molecule has 1 aromatic carbocycles. The number of rotatable bonds is 4. The van der Waals surface area contributed by atoms with E-state index in [0.717, 1.165) is 5.56 Å². The van der Waals surface area contributed by atoms with E-state index in [0.29, 0.717) is 38.8 Å². The van der Waals surface area contributed by atoms with Crippen LogP contribution in [-0.2, 0) is 0 Å². The number of halogens is 2. The van der Waals surface area contributed by atoms with Crippen LogP contribution in [-0.4, -0.2) is 21.2 Å². The van der Waals surface area contributed by atoms with Crippen molar-refractivity contribution in [3.8, 4) is 28.7 Å². The van der Waals surface area contributed by atoms with Crippen LogP contribution < -0.4 is 4.74 Å². The Labute approximate surface area is 149 Å². The van der Waals surface area contributed by atoms with Gasteiger partial charge in [0.05, 0.1) is 16.7 Å². The Morgan fingerprint density at radius 3 is 2.71 bits per heavy atom. The highest BCUT2D eigenvalue weighted by Crippen LogP contribution is 2.31. The molecule has 124 valence electrons. The Balaban J connectivity index is 1.93. The highest BCUT2D eigenvalue weighted by Gasteiger charge is 2.16. The van der Waals surface area contributed by atoms with Gasteiger partial charge in [-0.15, -0.1) is 0 Å². The van der Waals surface area contributed by atoms with E-state index in [2.05, 4.69) is 15.1 Å². The minimum atomic E-state index is -0.0145. The van der Waals surface area contributed by atoms with Gasteiger partial charge in [-0.3, -0.25) is 0 Å². The zero-order valence-electron chi connectivity index (χ0n) is 13.4. The molecule has 0 fully saturated rings. The molecule has 24 heavy (non-hydrogen) atoms. The highest BCUT2D eigenvalue weighted by molar-refractivity contribution is 6.34. The smallest absolute Gasteiger partial charge is 0.259 e. The van der Waals surface area contributed by atoms with Crippen molar-refractivity contribution >= 4 is 23.2 Å². The summed E-state index contributed by atoms with van der Waals surface area (Å²) in [6.45, 7) is 5.73. The molecule has 0 aliphatic carbocycles. The number of hydrogen-bond acceptors (Lipinski definition) is 5. The van der Waals surface area contributed by atoms with Crippen molar-refractivity contribution in [3.05, 3.63) is 46.1 Å². The first-order valence-electron chi connectivity index (χ1n) is 7.37. The molecule has 0 bridgehead atoms. The zero-order chi connectivity index (χ0) is 17.3. The summed E-state index contributed by atoms with van der Waals surface area (Å²) >= 11 is 12.5. The first-order chi connectivity index (χ1) is 11.5. The lowest BCUT2D eigenvalue weighted by Crippen LogP contribution is -2.07. The monoisotopic (exact) mass is 363 g/mol. The minimum absolute atomic E-state index is 0.0145. The van der Waals surface area contributed by atoms with Crippen LogP contribution in [0, 0.1) is 6.92 Å². The summed E-state index contributed by atoms with van der Waals surface area (Å²) in [5, 5.41) is 4.98. The number of pyridine rings is 1. The molecular weight excluding hydrogens is 349 g/mol. The Hall–Kier alpha value is -2.11. The van der Waals surface area contributed by atoms with Crippen molar-refractivity contribution in [2.75, 3.05) is 0 Å². The van der Waals surface area contributed by atoms with Crippen LogP contribution >= 0.6 is 23.2 Å². The summed E-state index contributed by atoms with van der Waals surface area (Å²) < 4.78 is 10.8. The van der Waals surface area contributed by atoms with E-state index < -0.39 is 0 Å². The molecule has 0 atom stereocenters. The summed E-state index contributed by atoms with van der Waals surface area (Å²) in [5.74, 6) is 1.10. The Bertz CT molecular complexity index is 878. The maximum atomic E-state index is 6.31. The number of aromatic nitrogens is 3. The molecule has 0 aliphatic rings. The van der Waals surface area contributed by atoms with Crippen LogP contribution in [0.4, 0.5) is 0 Å². The average Bonchev–Trinajstić information content (AvgIpc) is 3.01. The van der Waals surface area contributed by atoms with Crippen molar-refractivity contribution in [1.29, 1.82) is 0 Å². The standard InChI is InChI=1S/C17H15Cl2N3O2/c1-9(2)23-17-13(18)7-11(8-20-17)16-21-15(22-24-16)12-6-4-5-10(3)14(12)19/h4-9H,1-3H3. The van der Waals surface area contributed by atoms with Gasteiger partial charge in [0.1, 0.15) is 5.02 Å². The molecule has 3 rings (SSSR count). The Morgan fingerprint density at radius 2 is 2.00 bits per heavy atom. The largest absolute Gasteiger partial charge is 0.474 e. The van der Waals surface area contributed by atoms with Crippen molar-refractivity contribution in [2.24, 2.45) is 0 Å². The van der Waals surface area contributed by atoms with Crippen molar-refractivity contribution in [1.82, 2.24) is 15.1 Å². The van der Waals surface area contributed by atoms with Gasteiger partial charge in [0.15, 0.2) is 0 Å². The van der Waals surface area contributed by atoms with Crippen LogP contribution in [0.5, 0.6) is 5.88 Å². The summed E-state index contributed by atoms with van der Waals surface area (Å²) in [6, 6.07) is 7.34. The van der Waals surface area contributed by atoms with Gasteiger partial charge in [-0.2, -0.15) is 4.98 Å². The predicted octanol–water partition coefficient (Wildman–Crippen LogP) is 5.20. The quantitative estimate of drug-likeness (QED) is 0.637. The van der Waals surface area contributed by atoms with E-state index in [4.69, 9.17) is 32.5 Å². The van der Waals surface area contributed by atoms with Crippen LogP contribution in [0.1, 0.15) is 19.4 Å². The Kier molecular flexibility index (Phi) is 4.73. The number of aryl methyl sites for hydroxylation is 1. The lowest BCUT2D eigenvalue weighted by Gasteiger charge is -2.09. The minimum Gasteiger partial charge on any atom is -0.474 e. The Morgan fingerprint density at radius 1 is 1.21 bits per heavy atom. The predicted molar refractivity (Wildman–Crippen MR) is 93.5 cm³/mol. The molecule has 0 radical (unpaired) electrons. The SMILES string of the molecule is Cc1cccc(-c2noc(-c3cnc(OC(C)C)c(Cl)c3)n2)c1Cl. The third-order valence-electron chi connectivity index (χ3n) is 3.26. The second-order valence-corrected chi connectivity index (χ2v) is 6.32. The summed E-state index contributed by atoms with van der Waals surface area (Å²) in [7, 11) is 0. The number of nitrogens with zero attached hydrogens (tertiary/aromatic N) is 3.